The zero-order valence-electron chi connectivity index (χ0n) is 8.20. The van der Waals surface area contributed by atoms with E-state index in [0.717, 1.165) is 11.1 Å². The van der Waals surface area contributed by atoms with E-state index in [1.807, 2.05) is 24.3 Å². The Kier molecular flexibility index (Phi) is 3.79. The van der Waals surface area contributed by atoms with E-state index in [2.05, 4.69) is 27.8 Å². The maximum absolute atomic E-state index is 5.42. The van der Waals surface area contributed by atoms with Crippen LogP contribution in [-0.4, -0.2) is 18.5 Å². The molecule has 78 valence electrons. The Morgan fingerprint density at radius 1 is 1.33 bits per heavy atom. The summed E-state index contributed by atoms with van der Waals surface area (Å²) in [4.78, 5) is 0. The van der Waals surface area contributed by atoms with Crippen LogP contribution in [0.2, 0.25) is 0 Å². The molecule has 0 spiro atoms. The fourth-order valence-corrected chi connectivity index (χ4v) is 1.59. The lowest BCUT2D eigenvalue weighted by atomic mass is 10.1. The number of ether oxygens (including phenoxy) is 2. The van der Waals surface area contributed by atoms with Gasteiger partial charge in [0.05, 0.1) is 18.5 Å². The largest absolute Gasteiger partial charge is 0.346 e. The molecular weight excluding hydrogens is 256 g/mol. The number of halogens is 1. The zero-order chi connectivity index (χ0) is 10.5. The third-order valence-electron chi connectivity index (χ3n) is 2.08. The number of hydrogen-bond acceptors (Lipinski definition) is 2. The maximum Gasteiger partial charge on any atom is 0.184 e. The molecule has 1 aromatic rings. The van der Waals surface area contributed by atoms with E-state index < -0.39 is 0 Å². The van der Waals surface area contributed by atoms with Crippen LogP contribution in [0.25, 0.3) is 0 Å². The van der Waals surface area contributed by atoms with E-state index in [9.17, 15) is 0 Å². The van der Waals surface area contributed by atoms with Crippen LogP contribution in [0.1, 0.15) is 17.4 Å². The Labute approximate surface area is 97.7 Å². The number of alkyl halides is 1. The van der Waals surface area contributed by atoms with Gasteiger partial charge in [-0.3, -0.25) is 0 Å². The van der Waals surface area contributed by atoms with Crippen LogP contribution in [-0.2, 0) is 9.47 Å². The van der Waals surface area contributed by atoms with Gasteiger partial charge in [0.1, 0.15) is 0 Å². The number of hydrogen-bond donors (Lipinski definition) is 0. The first-order valence-corrected chi connectivity index (χ1v) is 5.90. The molecule has 0 N–H and O–H groups in total. The molecule has 0 aliphatic carbocycles. The second-order valence-electron chi connectivity index (χ2n) is 3.13. The zero-order valence-corrected chi connectivity index (χ0v) is 9.79. The van der Waals surface area contributed by atoms with Crippen LogP contribution in [0.3, 0.4) is 0 Å². The Bertz CT molecular complexity index is 386. The monoisotopic (exact) mass is 266 g/mol. The molecule has 3 heteroatoms. The quantitative estimate of drug-likeness (QED) is 0.575. The Morgan fingerprint density at radius 3 is 2.87 bits per heavy atom. The van der Waals surface area contributed by atoms with Gasteiger partial charge < -0.3 is 9.47 Å². The van der Waals surface area contributed by atoms with E-state index in [0.29, 0.717) is 18.5 Å². The first kappa shape index (κ1) is 10.7. The van der Waals surface area contributed by atoms with Crippen molar-refractivity contribution < 1.29 is 9.47 Å². The molecule has 1 saturated heterocycles. The summed E-state index contributed by atoms with van der Waals surface area (Å²) in [6, 6.07) is 7.95. The fraction of sp³-hybridized carbons (Fsp3) is 0.333. The lowest BCUT2D eigenvalue weighted by molar-refractivity contribution is -0.0441. The van der Waals surface area contributed by atoms with Gasteiger partial charge in [0.25, 0.3) is 0 Å². The van der Waals surface area contributed by atoms with Crippen molar-refractivity contribution in [3.63, 3.8) is 0 Å². The summed E-state index contributed by atoms with van der Waals surface area (Å²) in [7, 11) is 0. The lowest BCUT2D eigenvalue weighted by Crippen LogP contribution is -1.97. The summed E-state index contributed by atoms with van der Waals surface area (Å²) in [5, 5.41) is 0.688. The summed E-state index contributed by atoms with van der Waals surface area (Å²) in [6.45, 7) is 1.34. The summed E-state index contributed by atoms with van der Waals surface area (Å²) in [5.74, 6) is 6.02. The van der Waals surface area contributed by atoms with Gasteiger partial charge in [0.15, 0.2) is 6.29 Å². The summed E-state index contributed by atoms with van der Waals surface area (Å²) in [6.07, 6.45) is -0.212. The average molecular weight is 267 g/mol. The molecule has 0 saturated carbocycles. The average Bonchev–Trinajstić information content (AvgIpc) is 2.80. The highest BCUT2D eigenvalue weighted by Crippen LogP contribution is 2.23. The van der Waals surface area contributed by atoms with Crippen LogP contribution < -0.4 is 0 Å². The van der Waals surface area contributed by atoms with Crippen molar-refractivity contribution >= 4 is 15.9 Å². The molecule has 0 aromatic heterocycles. The highest BCUT2D eigenvalue weighted by molar-refractivity contribution is 9.09. The van der Waals surface area contributed by atoms with Gasteiger partial charge in [0, 0.05) is 11.1 Å². The minimum atomic E-state index is -0.212. The Balaban J connectivity index is 2.18. The standard InChI is InChI=1S/C12H11BrO2/c13-6-2-4-10-3-1-5-11(9-10)12-14-7-8-15-12/h1,3,5,9,12H,6-8H2. The molecule has 1 fully saturated rings. The van der Waals surface area contributed by atoms with Gasteiger partial charge in [0.2, 0.25) is 0 Å². The van der Waals surface area contributed by atoms with Crippen molar-refractivity contribution in [3.05, 3.63) is 35.4 Å². The van der Waals surface area contributed by atoms with Crippen LogP contribution in [0.5, 0.6) is 0 Å². The molecule has 1 aromatic carbocycles. The van der Waals surface area contributed by atoms with Crippen molar-refractivity contribution in [3.8, 4) is 11.8 Å². The van der Waals surface area contributed by atoms with Crippen molar-refractivity contribution in [1.29, 1.82) is 0 Å². The minimum absolute atomic E-state index is 0.212. The van der Waals surface area contributed by atoms with Gasteiger partial charge in [-0.05, 0) is 12.1 Å². The smallest absolute Gasteiger partial charge is 0.184 e. The van der Waals surface area contributed by atoms with E-state index in [1.54, 1.807) is 0 Å². The molecule has 2 rings (SSSR count). The Morgan fingerprint density at radius 2 is 2.13 bits per heavy atom. The molecule has 0 amide bonds. The lowest BCUT2D eigenvalue weighted by Gasteiger charge is -2.08. The molecule has 1 aliphatic rings. The van der Waals surface area contributed by atoms with E-state index in [-0.39, 0.29) is 6.29 Å². The molecule has 1 heterocycles. The summed E-state index contributed by atoms with van der Waals surface area (Å²) < 4.78 is 10.8. The van der Waals surface area contributed by atoms with Crippen LogP contribution >= 0.6 is 15.9 Å². The van der Waals surface area contributed by atoms with Gasteiger partial charge >= 0.3 is 0 Å². The van der Waals surface area contributed by atoms with Crippen molar-refractivity contribution in [2.75, 3.05) is 18.5 Å². The second kappa shape index (κ2) is 5.32. The van der Waals surface area contributed by atoms with Crippen molar-refractivity contribution in [2.45, 2.75) is 6.29 Å². The normalized spacial score (nSPS) is 16.1. The third kappa shape index (κ3) is 2.82. The summed E-state index contributed by atoms with van der Waals surface area (Å²) in [5.41, 5.74) is 2.03. The van der Waals surface area contributed by atoms with Crippen LogP contribution in [0.4, 0.5) is 0 Å². The maximum atomic E-state index is 5.42. The minimum Gasteiger partial charge on any atom is -0.346 e. The molecule has 15 heavy (non-hydrogen) atoms. The van der Waals surface area contributed by atoms with E-state index >= 15 is 0 Å². The third-order valence-corrected chi connectivity index (χ3v) is 2.36. The highest BCUT2D eigenvalue weighted by Gasteiger charge is 2.17. The van der Waals surface area contributed by atoms with Crippen molar-refractivity contribution in [2.24, 2.45) is 0 Å². The van der Waals surface area contributed by atoms with Crippen molar-refractivity contribution in [1.82, 2.24) is 0 Å². The van der Waals surface area contributed by atoms with Gasteiger partial charge in [-0.25, -0.2) is 0 Å². The molecule has 1 aliphatic heterocycles. The first-order valence-electron chi connectivity index (χ1n) is 4.78. The van der Waals surface area contributed by atoms with Crippen LogP contribution in [0, 0.1) is 11.8 Å². The molecule has 0 radical (unpaired) electrons. The van der Waals surface area contributed by atoms with Gasteiger partial charge in [-0.2, -0.15) is 0 Å². The number of rotatable bonds is 1. The topological polar surface area (TPSA) is 18.5 Å². The fourth-order valence-electron chi connectivity index (χ4n) is 1.45. The molecule has 0 atom stereocenters. The SMILES string of the molecule is BrCC#Cc1cccc(C2OCCO2)c1. The van der Waals surface area contributed by atoms with Gasteiger partial charge in [-0.1, -0.05) is 39.9 Å². The molecule has 2 nitrogen and oxygen atoms in total. The molecular formula is C12H11BrO2. The van der Waals surface area contributed by atoms with Crippen LogP contribution in [0.15, 0.2) is 24.3 Å². The summed E-state index contributed by atoms with van der Waals surface area (Å²) >= 11 is 3.27. The number of benzene rings is 1. The second-order valence-corrected chi connectivity index (χ2v) is 3.70. The van der Waals surface area contributed by atoms with E-state index in [4.69, 9.17) is 9.47 Å². The predicted octanol–water partition coefficient (Wildman–Crippen LogP) is 2.48. The van der Waals surface area contributed by atoms with E-state index in [1.165, 1.54) is 0 Å². The molecule has 0 bridgehead atoms. The first-order chi connectivity index (χ1) is 7.40. The molecule has 0 unspecified atom stereocenters. The predicted molar refractivity (Wildman–Crippen MR) is 61.8 cm³/mol. The van der Waals surface area contributed by atoms with Gasteiger partial charge in [-0.15, -0.1) is 0 Å². The highest BCUT2D eigenvalue weighted by atomic mass is 79.9. The Hall–Kier alpha value is -0.820.